The predicted octanol–water partition coefficient (Wildman–Crippen LogP) is 6.90. The van der Waals surface area contributed by atoms with E-state index >= 15 is 0 Å². The Hall–Kier alpha value is -4.43. The molecule has 5 rings (SSSR count). The number of rotatable bonds is 12. The van der Waals surface area contributed by atoms with Gasteiger partial charge in [0.1, 0.15) is 12.6 Å². The Bertz CT molecular complexity index is 1730. The maximum atomic E-state index is 14.7. The van der Waals surface area contributed by atoms with Crippen molar-refractivity contribution >= 4 is 27.5 Å². The van der Waals surface area contributed by atoms with Crippen molar-refractivity contribution in [3.8, 4) is 0 Å². The normalized spacial score (nSPS) is 14.3. The summed E-state index contributed by atoms with van der Waals surface area (Å²) >= 11 is 0. The molecule has 0 bridgehead atoms. The smallest absolute Gasteiger partial charge is 0.264 e. The predicted molar refractivity (Wildman–Crippen MR) is 188 cm³/mol. The van der Waals surface area contributed by atoms with E-state index in [1.165, 1.54) is 4.31 Å². The van der Waals surface area contributed by atoms with Crippen LogP contribution < -0.4 is 9.62 Å². The third kappa shape index (κ3) is 8.89. The zero-order chi connectivity index (χ0) is 33.4. The topological polar surface area (TPSA) is 86.8 Å². The van der Waals surface area contributed by atoms with E-state index in [2.05, 4.69) is 5.32 Å². The Morgan fingerprint density at radius 1 is 0.745 bits per heavy atom. The second kappa shape index (κ2) is 15.4. The average molecular weight is 652 g/mol. The van der Waals surface area contributed by atoms with Crippen LogP contribution in [0.1, 0.15) is 59.9 Å². The molecule has 0 aromatic heterocycles. The number of aryl methyl sites for hydroxylation is 3. The van der Waals surface area contributed by atoms with E-state index in [-0.39, 0.29) is 23.4 Å². The van der Waals surface area contributed by atoms with Crippen LogP contribution >= 0.6 is 0 Å². The molecule has 1 atom stereocenters. The van der Waals surface area contributed by atoms with Gasteiger partial charge in [0.25, 0.3) is 10.0 Å². The summed E-state index contributed by atoms with van der Waals surface area (Å²) in [6, 6.07) is 30.6. The van der Waals surface area contributed by atoms with Crippen molar-refractivity contribution in [2.45, 2.75) is 82.8 Å². The molecule has 1 unspecified atom stereocenters. The average Bonchev–Trinajstić information content (AvgIpc) is 3.06. The summed E-state index contributed by atoms with van der Waals surface area (Å²) in [5.41, 5.74) is 4.87. The summed E-state index contributed by atoms with van der Waals surface area (Å²) in [7, 11) is -4.15. The number of carbonyl (C=O) groups is 2. The highest BCUT2D eigenvalue weighted by Crippen LogP contribution is 2.27. The molecule has 1 N–H and O–H groups in total. The molecule has 8 heteroatoms. The highest BCUT2D eigenvalue weighted by Gasteiger charge is 2.35. The SMILES string of the molecule is Cc1ccc(S(=O)(=O)N(CC(=O)N(Cc2ccccc2)C(Cc2ccccc2)C(=O)NC2CCCCC2)c2cc(C)cc(C)c2)cc1. The minimum Gasteiger partial charge on any atom is -0.352 e. The van der Waals surface area contributed by atoms with Crippen molar-refractivity contribution in [2.75, 3.05) is 10.8 Å². The number of amides is 2. The van der Waals surface area contributed by atoms with Crippen molar-refractivity contribution in [3.63, 3.8) is 0 Å². The van der Waals surface area contributed by atoms with Crippen LogP contribution in [-0.4, -0.2) is 43.8 Å². The van der Waals surface area contributed by atoms with Gasteiger partial charge < -0.3 is 10.2 Å². The fraction of sp³-hybridized carbons (Fsp3) is 0.333. The molecule has 0 saturated heterocycles. The van der Waals surface area contributed by atoms with Gasteiger partial charge in [-0.25, -0.2) is 8.42 Å². The largest absolute Gasteiger partial charge is 0.352 e. The van der Waals surface area contributed by atoms with Crippen molar-refractivity contribution in [1.82, 2.24) is 10.2 Å². The number of sulfonamides is 1. The Balaban J connectivity index is 1.57. The van der Waals surface area contributed by atoms with Gasteiger partial charge in [-0.2, -0.15) is 0 Å². The second-order valence-electron chi connectivity index (χ2n) is 12.7. The third-order valence-corrected chi connectivity index (χ3v) is 10.6. The molecule has 4 aromatic carbocycles. The monoisotopic (exact) mass is 651 g/mol. The van der Waals surface area contributed by atoms with Gasteiger partial charge in [-0.05, 0) is 80.1 Å². The van der Waals surface area contributed by atoms with Gasteiger partial charge in [0, 0.05) is 19.0 Å². The molecule has 0 radical (unpaired) electrons. The minimum atomic E-state index is -4.15. The number of anilines is 1. The number of benzene rings is 4. The molecule has 246 valence electrons. The number of carbonyl (C=O) groups excluding carboxylic acids is 2. The molecule has 1 aliphatic rings. The summed E-state index contributed by atoms with van der Waals surface area (Å²) in [6.07, 6.45) is 5.39. The number of hydrogen-bond donors (Lipinski definition) is 1. The van der Waals surface area contributed by atoms with Crippen LogP contribution in [0.5, 0.6) is 0 Å². The number of nitrogens with zero attached hydrogens (tertiary/aromatic N) is 2. The highest BCUT2D eigenvalue weighted by molar-refractivity contribution is 7.92. The van der Waals surface area contributed by atoms with Gasteiger partial charge >= 0.3 is 0 Å². The molecule has 1 saturated carbocycles. The van der Waals surface area contributed by atoms with Gasteiger partial charge in [-0.3, -0.25) is 13.9 Å². The molecule has 4 aromatic rings. The molecule has 0 aliphatic heterocycles. The molecule has 47 heavy (non-hydrogen) atoms. The first-order valence-electron chi connectivity index (χ1n) is 16.5. The van der Waals surface area contributed by atoms with Crippen molar-refractivity contribution in [1.29, 1.82) is 0 Å². The van der Waals surface area contributed by atoms with Crippen LogP contribution in [0, 0.1) is 20.8 Å². The summed E-state index contributed by atoms with van der Waals surface area (Å²) in [6.45, 7) is 5.40. The highest BCUT2D eigenvalue weighted by atomic mass is 32.2. The minimum absolute atomic E-state index is 0.0527. The lowest BCUT2D eigenvalue weighted by molar-refractivity contribution is -0.140. The van der Waals surface area contributed by atoms with Crippen LogP contribution in [0.3, 0.4) is 0 Å². The fourth-order valence-electron chi connectivity index (χ4n) is 6.34. The van der Waals surface area contributed by atoms with Gasteiger partial charge in [-0.15, -0.1) is 0 Å². The fourth-order valence-corrected chi connectivity index (χ4v) is 7.74. The maximum absolute atomic E-state index is 14.7. The van der Waals surface area contributed by atoms with Crippen LogP contribution in [0.2, 0.25) is 0 Å². The van der Waals surface area contributed by atoms with Gasteiger partial charge in [0.15, 0.2) is 0 Å². The molecular formula is C39H45N3O4S. The molecule has 0 heterocycles. The van der Waals surface area contributed by atoms with E-state index in [0.717, 1.165) is 59.9 Å². The van der Waals surface area contributed by atoms with E-state index in [1.807, 2.05) is 87.5 Å². The lowest BCUT2D eigenvalue weighted by atomic mass is 9.94. The molecule has 7 nitrogen and oxygen atoms in total. The first-order valence-corrected chi connectivity index (χ1v) is 17.9. The number of hydrogen-bond acceptors (Lipinski definition) is 4. The summed E-state index contributed by atoms with van der Waals surface area (Å²) < 4.78 is 29.8. The quantitative estimate of drug-likeness (QED) is 0.181. The Morgan fingerprint density at radius 3 is 1.91 bits per heavy atom. The van der Waals surface area contributed by atoms with Crippen molar-refractivity contribution in [2.24, 2.45) is 0 Å². The van der Waals surface area contributed by atoms with E-state index < -0.39 is 28.5 Å². The van der Waals surface area contributed by atoms with Crippen LogP contribution in [0.4, 0.5) is 5.69 Å². The summed E-state index contributed by atoms with van der Waals surface area (Å²) in [5.74, 6) is -0.673. The zero-order valence-electron chi connectivity index (χ0n) is 27.6. The van der Waals surface area contributed by atoms with Crippen LogP contribution in [-0.2, 0) is 32.6 Å². The van der Waals surface area contributed by atoms with E-state index in [1.54, 1.807) is 41.3 Å². The first-order chi connectivity index (χ1) is 22.6. The molecule has 0 spiro atoms. The summed E-state index contributed by atoms with van der Waals surface area (Å²) in [5, 5.41) is 3.26. The van der Waals surface area contributed by atoms with Crippen LogP contribution in [0.25, 0.3) is 0 Å². The summed E-state index contributed by atoms with van der Waals surface area (Å²) in [4.78, 5) is 30.6. The standard InChI is InChI=1S/C39H45N3O4S/c1-29-19-21-36(22-20-29)47(45,46)42(35-24-30(2)23-31(3)25-35)28-38(43)41(27-33-15-9-5-10-16-33)37(26-32-13-7-4-8-14-32)39(44)40-34-17-11-6-12-18-34/h4-5,7-10,13-16,19-25,34,37H,6,11-12,17-18,26-28H2,1-3H3,(H,40,44). The van der Waals surface area contributed by atoms with E-state index in [4.69, 9.17) is 0 Å². The zero-order valence-corrected chi connectivity index (χ0v) is 28.4. The Labute approximate surface area is 279 Å². The molecule has 2 amide bonds. The lowest BCUT2D eigenvalue weighted by Crippen LogP contribution is -2.55. The van der Waals surface area contributed by atoms with Gasteiger partial charge in [0.05, 0.1) is 10.6 Å². The molecule has 1 fully saturated rings. The van der Waals surface area contributed by atoms with Crippen LogP contribution in [0.15, 0.2) is 108 Å². The van der Waals surface area contributed by atoms with E-state index in [9.17, 15) is 18.0 Å². The van der Waals surface area contributed by atoms with Crippen molar-refractivity contribution < 1.29 is 18.0 Å². The molecule has 1 aliphatic carbocycles. The third-order valence-electron chi connectivity index (χ3n) is 8.80. The second-order valence-corrected chi connectivity index (χ2v) is 14.6. The van der Waals surface area contributed by atoms with Gasteiger partial charge in [0.2, 0.25) is 11.8 Å². The number of nitrogens with one attached hydrogen (secondary N) is 1. The lowest BCUT2D eigenvalue weighted by Gasteiger charge is -2.35. The van der Waals surface area contributed by atoms with Crippen molar-refractivity contribution in [3.05, 3.63) is 131 Å². The molecular weight excluding hydrogens is 607 g/mol. The Morgan fingerprint density at radius 2 is 1.32 bits per heavy atom. The van der Waals surface area contributed by atoms with Gasteiger partial charge in [-0.1, -0.05) is 104 Å². The Kier molecular flexibility index (Phi) is 11.1. The van der Waals surface area contributed by atoms with E-state index in [0.29, 0.717) is 12.1 Å². The first kappa shape index (κ1) is 33.9. The maximum Gasteiger partial charge on any atom is 0.264 e.